The van der Waals surface area contributed by atoms with Crippen LogP contribution in [0.3, 0.4) is 0 Å². The third-order valence-corrected chi connectivity index (χ3v) is 7.96. The van der Waals surface area contributed by atoms with E-state index in [9.17, 15) is 14.7 Å². The van der Waals surface area contributed by atoms with E-state index in [-0.39, 0.29) is 29.8 Å². The molecule has 2 aromatic carbocycles. The van der Waals surface area contributed by atoms with E-state index in [4.69, 9.17) is 5.73 Å². The van der Waals surface area contributed by atoms with Gasteiger partial charge in [0.25, 0.3) is 0 Å². The lowest BCUT2D eigenvalue weighted by atomic mass is 9.81. The Morgan fingerprint density at radius 3 is 2.53 bits per heavy atom. The summed E-state index contributed by atoms with van der Waals surface area (Å²) in [4.78, 5) is 26.5. The smallest absolute Gasteiger partial charge is 0.247 e. The summed E-state index contributed by atoms with van der Waals surface area (Å²) in [7, 11) is 0. The van der Waals surface area contributed by atoms with E-state index < -0.39 is 11.4 Å². The minimum Gasteiger partial charge on any atom is -0.396 e. The number of hydrogen-bond donors (Lipinski definition) is 3. The van der Waals surface area contributed by atoms with Crippen LogP contribution in [0.4, 0.5) is 0 Å². The molecular weight excluding hydrogens is 424 g/mol. The summed E-state index contributed by atoms with van der Waals surface area (Å²) in [6.45, 7) is 3.82. The molecule has 2 fully saturated rings. The molecule has 1 aliphatic heterocycles. The van der Waals surface area contributed by atoms with Crippen LogP contribution in [0, 0.1) is 5.92 Å². The normalized spacial score (nSPS) is 30.6. The van der Waals surface area contributed by atoms with Gasteiger partial charge < -0.3 is 10.8 Å². The highest BCUT2D eigenvalue weighted by Crippen LogP contribution is 2.73. The number of aliphatic hydroxyl groups is 1. The number of fused-ring (bicyclic) bond motifs is 4. The molecule has 5 nitrogen and oxygen atoms in total. The third-order valence-electron chi connectivity index (χ3n) is 7.96. The highest BCUT2D eigenvalue weighted by molar-refractivity contribution is 6.23. The number of nitrogens with one attached hydrogen (secondary N) is 1. The van der Waals surface area contributed by atoms with Gasteiger partial charge in [-0.1, -0.05) is 73.3 Å². The minimum atomic E-state index is -0.638. The first-order valence-corrected chi connectivity index (χ1v) is 11.7. The summed E-state index contributed by atoms with van der Waals surface area (Å²) >= 11 is 0. The first-order valence-electron chi connectivity index (χ1n) is 11.7. The van der Waals surface area contributed by atoms with Crippen molar-refractivity contribution in [3.63, 3.8) is 0 Å². The number of ketones is 1. The van der Waals surface area contributed by atoms with Crippen molar-refractivity contribution in [3.8, 4) is 0 Å². The molecule has 3 aliphatic carbocycles. The molecule has 4 aliphatic rings. The van der Waals surface area contributed by atoms with Gasteiger partial charge in [-0.3, -0.25) is 14.9 Å². The van der Waals surface area contributed by atoms with Crippen molar-refractivity contribution < 1.29 is 14.7 Å². The molecular formula is C29H26N2O3. The quantitative estimate of drug-likeness (QED) is 0.445. The summed E-state index contributed by atoms with van der Waals surface area (Å²) < 4.78 is 0. The molecule has 3 unspecified atom stereocenters. The summed E-state index contributed by atoms with van der Waals surface area (Å²) in [5, 5.41) is 13.3. The van der Waals surface area contributed by atoms with Crippen molar-refractivity contribution in [3.05, 3.63) is 113 Å². The number of amides is 1. The second-order valence-corrected chi connectivity index (χ2v) is 9.67. The number of hydrogen-bond acceptors (Lipinski definition) is 4. The van der Waals surface area contributed by atoms with Crippen molar-refractivity contribution in [2.45, 2.75) is 29.8 Å². The van der Waals surface area contributed by atoms with Crippen molar-refractivity contribution >= 4 is 17.3 Å². The fraction of sp³-hybridized carbons (Fsp3) is 0.241. The second kappa shape index (κ2) is 7.23. The molecule has 6 rings (SSSR count). The van der Waals surface area contributed by atoms with Gasteiger partial charge >= 0.3 is 0 Å². The van der Waals surface area contributed by atoms with Crippen LogP contribution in [0.5, 0.6) is 0 Å². The van der Waals surface area contributed by atoms with E-state index >= 15 is 0 Å². The number of rotatable bonds is 7. The van der Waals surface area contributed by atoms with Gasteiger partial charge in [0.2, 0.25) is 5.91 Å². The summed E-state index contributed by atoms with van der Waals surface area (Å²) in [6, 6.07) is 18.0. The van der Waals surface area contributed by atoms with Crippen LogP contribution >= 0.6 is 0 Å². The van der Waals surface area contributed by atoms with Crippen LogP contribution in [0.1, 0.15) is 35.4 Å². The Balaban J connectivity index is 1.59. The van der Waals surface area contributed by atoms with Gasteiger partial charge in [0.05, 0.1) is 16.7 Å². The van der Waals surface area contributed by atoms with Crippen molar-refractivity contribution in [1.82, 2.24) is 5.32 Å². The predicted octanol–water partition coefficient (Wildman–Crippen LogP) is 3.28. The fourth-order valence-electron chi connectivity index (χ4n) is 6.21. The average molecular weight is 451 g/mol. The maximum Gasteiger partial charge on any atom is 0.247 e. The second-order valence-electron chi connectivity index (χ2n) is 9.67. The van der Waals surface area contributed by atoms with E-state index in [1.165, 1.54) is 6.08 Å². The molecule has 0 bridgehead atoms. The number of aliphatic hydroxyl groups excluding tert-OH is 1. The van der Waals surface area contributed by atoms with Crippen LogP contribution in [0.2, 0.25) is 0 Å². The molecule has 1 heterocycles. The molecule has 1 saturated carbocycles. The monoisotopic (exact) mass is 450 g/mol. The zero-order valence-corrected chi connectivity index (χ0v) is 18.8. The summed E-state index contributed by atoms with van der Waals surface area (Å²) in [6.07, 6.45) is 6.75. The number of benzene rings is 2. The van der Waals surface area contributed by atoms with Gasteiger partial charge in [-0.15, -0.1) is 0 Å². The first-order chi connectivity index (χ1) is 16.5. The first kappa shape index (κ1) is 21.0. The number of nitrogens with two attached hydrogens (primary N) is 1. The number of carbonyl (C=O) groups is 2. The molecule has 0 aromatic heterocycles. The number of carbonyl (C=O) groups excluding carboxylic acids is 2. The van der Waals surface area contributed by atoms with Crippen molar-refractivity contribution in [2.75, 3.05) is 6.61 Å². The molecule has 170 valence electrons. The molecule has 2 aromatic rings. The summed E-state index contributed by atoms with van der Waals surface area (Å²) in [5.41, 5.74) is 10.6. The molecule has 1 saturated heterocycles. The Hall–Kier alpha value is -3.54. The minimum absolute atomic E-state index is 0.0529. The molecule has 4 atom stereocenters. The van der Waals surface area contributed by atoms with Gasteiger partial charge in [0, 0.05) is 24.0 Å². The van der Waals surface area contributed by atoms with Crippen LogP contribution in [0.25, 0.3) is 5.57 Å². The van der Waals surface area contributed by atoms with Gasteiger partial charge in [-0.25, -0.2) is 0 Å². The zero-order valence-electron chi connectivity index (χ0n) is 18.8. The van der Waals surface area contributed by atoms with E-state index in [1.807, 2.05) is 60.7 Å². The van der Waals surface area contributed by atoms with Gasteiger partial charge in [-0.05, 0) is 46.8 Å². The van der Waals surface area contributed by atoms with Crippen LogP contribution in [-0.2, 0) is 15.1 Å². The Kier molecular flexibility index (Phi) is 4.47. The van der Waals surface area contributed by atoms with E-state index in [0.29, 0.717) is 17.6 Å². The lowest BCUT2D eigenvalue weighted by Crippen LogP contribution is -2.28. The molecule has 4 N–H and O–H groups in total. The maximum absolute atomic E-state index is 13.5. The van der Waals surface area contributed by atoms with Crippen LogP contribution < -0.4 is 11.1 Å². The third kappa shape index (κ3) is 2.68. The van der Waals surface area contributed by atoms with E-state index in [2.05, 4.69) is 18.0 Å². The van der Waals surface area contributed by atoms with Crippen LogP contribution in [0.15, 0.2) is 96.1 Å². The number of primary amides is 1. The van der Waals surface area contributed by atoms with E-state index in [0.717, 1.165) is 34.3 Å². The Morgan fingerprint density at radius 1 is 1.15 bits per heavy atom. The molecule has 0 radical (unpaired) electrons. The molecule has 5 heteroatoms. The van der Waals surface area contributed by atoms with Gasteiger partial charge in [-0.2, -0.15) is 0 Å². The van der Waals surface area contributed by atoms with Gasteiger partial charge in [0.15, 0.2) is 5.78 Å². The lowest BCUT2D eigenvalue weighted by molar-refractivity contribution is -0.116. The highest BCUT2D eigenvalue weighted by atomic mass is 16.3. The molecule has 0 spiro atoms. The Morgan fingerprint density at radius 2 is 1.85 bits per heavy atom. The lowest BCUT2D eigenvalue weighted by Gasteiger charge is -2.24. The van der Waals surface area contributed by atoms with Gasteiger partial charge in [0.1, 0.15) is 0 Å². The largest absolute Gasteiger partial charge is 0.396 e. The Labute approximate surface area is 198 Å². The zero-order chi connectivity index (χ0) is 23.7. The van der Waals surface area contributed by atoms with Crippen LogP contribution in [-0.4, -0.2) is 28.9 Å². The predicted molar refractivity (Wildman–Crippen MR) is 130 cm³/mol. The highest BCUT2D eigenvalue weighted by Gasteiger charge is 2.86. The molecule has 34 heavy (non-hydrogen) atoms. The molecule has 1 amide bonds. The van der Waals surface area contributed by atoms with E-state index in [1.54, 1.807) is 0 Å². The Bertz CT molecular complexity index is 1340. The van der Waals surface area contributed by atoms with Crippen molar-refractivity contribution in [2.24, 2.45) is 11.7 Å². The van der Waals surface area contributed by atoms with Crippen molar-refractivity contribution in [1.29, 1.82) is 0 Å². The maximum atomic E-state index is 13.5. The average Bonchev–Trinajstić information content (AvgIpc) is 3.67. The standard InChI is InChI=1S/C29H26N2O3/c1-2-23(33)25(26(27(30)34)29-16-28(29,31-29)18-8-4-3-5-9-18)24-20-11-7-6-10-19(20)22-14-17(15-32)12-13-21(22)24/h2-13,17,22,31-32H,1,14-16H2,(H2,30,34)/b26-25-/t17-,22?,28?,29?/m0/s1. The number of allylic oxidation sites excluding steroid dienone is 5. The SMILES string of the molecule is C=CC(=O)/C(C1=C2C=C[C@H](CO)CC2c2ccccc21)=C(\C(N)=O)C12CC1(c1ccccc1)N2. The fourth-order valence-corrected chi connectivity index (χ4v) is 6.21. The topological polar surface area (TPSA) is 102 Å². The summed E-state index contributed by atoms with van der Waals surface area (Å²) in [5.74, 6) is -0.786.